The summed E-state index contributed by atoms with van der Waals surface area (Å²) in [7, 11) is 3.30. The normalized spacial score (nSPS) is 10.3. The number of nitrogen functional groups attached to an aromatic ring is 1. The van der Waals surface area contributed by atoms with Crippen molar-refractivity contribution in [2.24, 2.45) is 0 Å². The molecular formula is C14H22N2O3. The van der Waals surface area contributed by atoms with Gasteiger partial charge in [0.1, 0.15) is 0 Å². The second-order valence-electron chi connectivity index (χ2n) is 4.47. The number of nitrogens with zero attached hydrogens (tertiary/aromatic N) is 1. The summed E-state index contributed by atoms with van der Waals surface area (Å²) in [5.74, 6) is -0.423. The minimum absolute atomic E-state index is 0.234. The van der Waals surface area contributed by atoms with E-state index in [4.69, 9.17) is 15.6 Å². The minimum atomic E-state index is -0.423. The van der Waals surface area contributed by atoms with Crippen molar-refractivity contribution >= 4 is 17.3 Å². The largest absolute Gasteiger partial charge is 0.465 e. The Kier molecular flexibility index (Phi) is 6.15. The number of carbonyl (C=O) groups excluding carboxylic acids is 1. The first-order valence-electron chi connectivity index (χ1n) is 6.40. The van der Waals surface area contributed by atoms with Crippen LogP contribution >= 0.6 is 0 Å². The number of unbranched alkanes of at least 4 members (excludes halogenated alkanes) is 2. The molecule has 0 aliphatic heterocycles. The van der Waals surface area contributed by atoms with Crippen LogP contribution in [0, 0.1) is 0 Å². The van der Waals surface area contributed by atoms with Crippen LogP contribution in [0.2, 0.25) is 0 Å². The van der Waals surface area contributed by atoms with Crippen LogP contribution < -0.4 is 10.6 Å². The molecule has 0 bridgehead atoms. The molecule has 3 N–H and O–H groups in total. The Morgan fingerprint density at radius 3 is 2.74 bits per heavy atom. The number of hydrogen-bond donors (Lipinski definition) is 2. The first-order valence-corrected chi connectivity index (χ1v) is 6.40. The van der Waals surface area contributed by atoms with Crippen molar-refractivity contribution in [2.45, 2.75) is 19.3 Å². The maximum atomic E-state index is 11.6. The van der Waals surface area contributed by atoms with E-state index in [1.54, 1.807) is 12.1 Å². The third-order valence-electron chi connectivity index (χ3n) is 3.03. The number of rotatable bonds is 7. The molecule has 0 saturated heterocycles. The van der Waals surface area contributed by atoms with Gasteiger partial charge in [-0.15, -0.1) is 0 Å². The molecule has 0 aliphatic rings. The van der Waals surface area contributed by atoms with E-state index in [1.807, 2.05) is 13.1 Å². The molecule has 19 heavy (non-hydrogen) atoms. The number of methoxy groups -OCH3 is 1. The van der Waals surface area contributed by atoms with Crippen LogP contribution in [0.4, 0.5) is 11.4 Å². The third-order valence-corrected chi connectivity index (χ3v) is 3.03. The first kappa shape index (κ1) is 15.3. The summed E-state index contributed by atoms with van der Waals surface area (Å²) in [6.45, 7) is 1.10. The van der Waals surface area contributed by atoms with Gasteiger partial charge in [0.25, 0.3) is 0 Å². The average molecular weight is 266 g/mol. The van der Waals surface area contributed by atoms with Crippen LogP contribution in [0.1, 0.15) is 29.6 Å². The lowest BCUT2D eigenvalue weighted by Crippen LogP contribution is -2.19. The smallest absolute Gasteiger partial charge is 0.340 e. The highest BCUT2D eigenvalue weighted by molar-refractivity contribution is 5.96. The van der Waals surface area contributed by atoms with Gasteiger partial charge in [0.05, 0.1) is 12.7 Å². The number of aliphatic hydroxyl groups is 1. The monoisotopic (exact) mass is 266 g/mol. The van der Waals surface area contributed by atoms with Gasteiger partial charge < -0.3 is 20.5 Å². The SMILES string of the molecule is COC(=O)c1cc(N(C)CCCCCO)ccc1N. The van der Waals surface area contributed by atoms with Gasteiger partial charge in [0.15, 0.2) is 0 Å². The predicted molar refractivity (Wildman–Crippen MR) is 76.4 cm³/mol. The topological polar surface area (TPSA) is 75.8 Å². The van der Waals surface area contributed by atoms with Crippen molar-refractivity contribution in [1.29, 1.82) is 0 Å². The molecule has 0 amide bonds. The maximum Gasteiger partial charge on any atom is 0.340 e. The van der Waals surface area contributed by atoms with E-state index >= 15 is 0 Å². The van der Waals surface area contributed by atoms with Gasteiger partial charge >= 0.3 is 5.97 Å². The second kappa shape index (κ2) is 7.63. The highest BCUT2D eigenvalue weighted by atomic mass is 16.5. The number of aliphatic hydroxyl groups excluding tert-OH is 1. The lowest BCUT2D eigenvalue weighted by atomic mass is 10.1. The number of benzene rings is 1. The number of hydrogen-bond acceptors (Lipinski definition) is 5. The molecule has 0 fully saturated rings. The first-order chi connectivity index (χ1) is 9.10. The van der Waals surface area contributed by atoms with Crippen LogP contribution in [-0.4, -0.2) is 38.4 Å². The number of anilines is 2. The maximum absolute atomic E-state index is 11.6. The molecule has 0 atom stereocenters. The van der Waals surface area contributed by atoms with Gasteiger partial charge in [-0.3, -0.25) is 0 Å². The van der Waals surface area contributed by atoms with E-state index in [0.29, 0.717) is 11.3 Å². The van der Waals surface area contributed by atoms with E-state index in [0.717, 1.165) is 31.5 Å². The Bertz CT molecular complexity index is 421. The minimum Gasteiger partial charge on any atom is -0.465 e. The third kappa shape index (κ3) is 4.44. The number of ether oxygens (including phenoxy) is 1. The Hall–Kier alpha value is -1.75. The van der Waals surface area contributed by atoms with Crippen molar-refractivity contribution in [2.75, 3.05) is 37.9 Å². The predicted octanol–water partition coefficient (Wildman–Crippen LogP) is 1.65. The molecule has 0 aromatic heterocycles. The van der Waals surface area contributed by atoms with Crippen LogP contribution in [0.5, 0.6) is 0 Å². The van der Waals surface area contributed by atoms with Crippen molar-refractivity contribution in [3.05, 3.63) is 23.8 Å². The summed E-state index contributed by atoms with van der Waals surface area (Å²) in [6, 6.07) is 5.34. The Morgan fingerprint density at radius 1 is 1.37 bits per heavy atom. The zero-order chi connectivity index (χ0) is 14.3. The van der Waals surface area contributed by atoms with Gasteiger partial charge in [-0.25, -0.2) is 4.79 Å². The van der Waals surface area contributed by atoms with E-state index in [9.17, 15) is 4.79 Å². The van der Waals surface area contributed by atoms with Crippen LogP contribution in [0.15, 0.2) is 18.2 Å². The zero-order valence-electron chi connectivity index (χ0n) is 11.6. The molecule has 5 nitrogen and oxygen atoms in total. The van der Waals surface area contributed by atoms with Crippen molar-refractivity contribution in [3.63, 3.8) is 0 Å². The van der Waals surface area contributed by atoms with Gasteiger partial charge in [0, 0.05) is 31.6 Å². The van der Waals surface area contributed by atoms with Gasteiger partial charge in [-0.05, 0) is 37.5 Å². The molecule has 0 saturated carbocycles. The summed E-state index contributed by atoms with van der Waals surface area (Å²) < 4.78 is 4.70. The van der Waals surface area contributed by atoms with Crippen molar-refractivity contribution in [1.82, 2.24) is 0 Å². The van der Waals surface area contributed by atoms with Crippen molar-refractivity contribution < 1.29 is 14.6 Å². The molecule has 1 aromatic carbocycles. The van der Waals surface area contributed by atoms with Crippen LogP contribution in [-0.2, 0) is 4.74 Å². The van der Waals surface area contributed by atoms with E-state index in [1.165, 1.54) is 7.11 Å². The summed E-state index contributed by atoms with van der Waals surface area (Å²) in [4.78, 5) is 13.6. The molecule has 106 valence electrons. The summed E-state index contributed by atoms with van der Waals surface area (Å²) in [5, 5.41) is 8.72. The van der Waals surface area contributed by atoms with E-state index in [2.05, 4.69) is 4.90 Å². The molecule has 0 spiro atoms. The molecule has 5 heteroatoms. The molecular weight excluding hydrogens is 244 g/mol. The lowest BCUT2D eigenvalue weighted by Gasteiger charge is -2.20. The van der Waals surface area contributed by atoms with Crippen LogP contribution in [0.25, 0.3) is 0 Å². The highest BCUT2D eigenvalue weighted by Gasteiger charge is 2.12. The standard InChI is InChI=1S/C14H22N2O3/c1-16(8-4-3-5-9-17)11-6-7-13(15)12(10-11)14(18)19-2/h6-7,10,17H,3-5,8-9,15H2,1-2H3. The summed E-state index contributed by atoms with van der Waals surface area (Å²) in [5.41, 5.74) is 7.50. The molecule has 1 rings (SSSR count). The Morgan fingerprint density at radius 2 is 2.11 bits per heavy atom. The Labute approximate surface area is 114 Å². The van der Waals surface area contributed by atoms with Gasteiger partial charge in [-0.2, -0.15) is 0 Å². The fourth-order valence-electron chi connectivity index (χ4n) is 1.84. The highest BCUT2D eigenvalue weighted by Crippen LogP contribution is 2.21. The van der Waals surface area contributed by atoms with E-state index in [-0.39, 0.29) is 6.61 Å². The van der Waals surface area contributed by atoms with Gasteiger partial charge in [-0.1, -0.05) is 0 Å². The molecule has 0 aliphatic carbocycles. The molecule has 1 aromatic rings. The lowest BCUT2D eigenvalue weighted by molar-refractivity contribution is 0.0602. The fourth-order valence-corrected chi connectivity index (χ4v) is 1.84. The van der Waals surface area contributed by atoms with E-state index < -0.39 is 5.97 Å². The zero-order valence-corrected chi connectivity index (χ0v) is 11.6. The second-order valence-corrected chi connectivity index (χ2v) is 4.47. The fraction of sp³-hybridized carbons (Fsp3) is 0.500. The molecule has 0 radical (unpaired) electrons. The Balaban J connectivity index is 2.69. The number of esters is 1. The quantitative estimate of drug-likeness (QED) is 0.446. The van der Waals surface area contributed by atoms with Crippen molar-refractivity contribution in [3.8, 4) is 0 Å². The molecule has 0 unspecified atom stereocenters. The number of nitrogens with two attached hydrogens (primary N) is 1. The average Bonchev–Trinajstić information content (AvgIpc) is 2.43. The summed E-state index contributed by atoms with van der Waals surface area (Å²) in [6.07, 6.45) is 2.80. The van der Waals surface area contributed by atoms with Gasteiger partial charge in [0.2, 0.25) is 0 Å². The summed E-state index contributed by atoms with van der Waals surface area (Å²) >= 11 is 0. The number of carbonyl (C=O) groups is 1. The molecule has 0 heterocycles. The van der Waals surface area contributed by atoms with Crippen LogP contribution in [0.3, 0.4) is 0 Å².